The van der Waals surface area contributed by atoms with Crippen molar-refractivity contribution in [3.63, 3.8) is 0 Å². The average Bonchev–Trinajstić information content (AvgIpc) is 2.62. The Morgan fingerprint density at radius 1 is 0.808 bits per heavy atom. The molecule has 4 nitrogen and oxygen atoms in total. The predicted molar refractivity (Wildman–Crippen MR) is 99.9 cm³/mol. The Balaban J connectivity index is 1.93. The highest BCUT2D eigenvalue weighted by Gasteiger charge is 2.35. The molecule has 0 aliphatic heterocycles. The van der Waals surface area contributed by atoms with Crippen LogP contribution in [0.15, 0.2) is 48.5 Å². The summed E-state index contributed by atoms with van der Waals surface area (Å²) in [5.41, 5.74) is 1.46. The van der Waals surface area contributed by atoms with Gasteiger partial charge in [0, 0.05) is 23.9 Å². The van der Waals surface area contributed by atoms with E-state index >= 15 is 0 Å². The summed E-state index contributed by atoms with van der Waals surface area (Å²) in [7, 11) is 0. The van der Waals surface area contributed by atoms with E-state index in [0.717, 1.165) is 25.7 Å². The normalized spacial score (nSPS) is 15.9. The molecule has 1 saturated carbocycles. The van der Waals surface area contributed by atoms with E-state index in [1.165, 1.54) is 24.5 Å². The summed E-state index contributed by atoms with van der Waals surface area (Å²) in [6.45, 7) is 1.39. The molecule has 1 aliphatic carbocycles. The van der Waals surface area contributed by atoms with Crippen molar-refractivity contribution in [1.29, 1.82) is 0 Å². The monoisotopic (exact) mass is 372 g/mol. The molecule has 2 aromatic carbocycles. The lowest BCUT2D eigenvalue weighted by atomic mass is 9.65. The van der Waals surface area contributed by atoms with Gasteiger partial charge in [0.2, 0.25) is 0 Å². The fourth-order valence-electron chi connectivity index (χ4n) is 3.84. The van der Waals surface area contributed by atoms with Gasteiger partial charge in [0.15, 0.2) is 0 Å². The van der Waals surface area contributed by atoms with E-state index in [9.17, 15) is 9.59 Å². The number of esters is 1. The molecular weight excluding hydrogens is 352 g/mol. The first-order valence-corrected chi connectivity index (χ1v) is 9.14. The van der Waals surface area contributed by atoms with Gasteiger partial charge >= 0.3 is 11.4 Å². The lowest BCUT2D eigenvalue weighted by Gasteiger charge is -2.38. The molecule has 0 N–H and O–H groups in total. The van der Waals surface area contributed by atoms with E-state index in [-0.39, 0.29) is 11.4 Å². The number of carbonyl (C=O) groups excluding carboxylic acids is 2. The average molecular weight is 373 g/mol. The Bertz CT molecular complexity index is 713. The highest BCUT2D eigenvalue weighted by molar-refractivity contribution is 6.61. The molecule has 0 bridgehead atoms. The van der Waals surface area contributed by atoms with Crippen LogP contribution in [0.4, 0.5) is 4.79 Å². The maximum atomic E-state index is 11.1. The molecule has 0 spiro atoms. The fourth-order valence-corrected chi connectivity index (χ4v) is 3.93. The minimum absolute atomic E-state index is 0.0868. The number of benzene rings is 2. The third-order valence-corrected chi connectivity index (χ3v) is 5.06. The number of carbonyl (C=O) groups is 2. The Kier molecular flexibility index (Phi) is 5.62. The second-order valence-electron chi connectivity index (χ2n) is 6.62. The van der Waals surface area contributed by atoms with Crippen LogP contribution < -0.4 is 9.47 Å². The molecule has 0 radical (unpaired) electrons. The van der Waals surface area contributed by atoms with E-state index in [4.69, 9.17) is 21.1 Å². The fraction of sp³-hybridized carbons (Fsp3) is 0.333. The summed E-state index contributed by atoms with van der Waals surface area (Å²) in [6, 6.07) is 15.3. The zero-order valence-electron chi connectivity index (χ0n) is 14.7. The van der Waals surface area contributed by atoms with Gasteiger partial charge in [-0.25, -0.2) is 4.79 Å². The molecule has 136 valence electrons. The van der Waals surface area contributed by atoms with Crippen LogP contribution in [-0.4, -0.2) is 11.4 Å². The molecule has 26 heavy (non-hydrogen) atoms. The topological polar surface area (TPSA) is 52.6 Å². The maximum absolute atomic E-state index is 11.1. The maximum Gasteiger partial charge on any atom is 0.409 e. The minimum Gasteiger partial charge on any atom is -0.427 e. The zero-order valence-corrected chi connectivity index (χ0v) is 15.4. The van der Waals surface area contributed by atoms with Crippen LogP contribution in [0.25, 0.3) is 0 Å². The summed E-state index contributed by atoms with van der Waals surface area (Å²) in [5.74, 6) is 0.663. The molecule has 0 atom stereocenters. The summed E-state index contributed by atoms with van der Waals surface area (Å²) >= 11 is 5.28. The molecule has 0 unspecified atom stereocenters. The van der Waals surface area contributed by atoms with Crippen LogP contribution in [0.2, 0.25) is 0 Å². The first-order valence-electron chi connectivity index (χ1n) is 8.76. The number of hydrogen-bond donors (Lipinski definition) is 0. The zero-order chi connectivity index (χ0) is 18.6. The Morgan fingerprint density at radius 3 is 1.69 bits per heavy atom. The first-order chi connectivity index (χ1) is 12.5. The van der Waals surface area contributed by atoms with Gasteiger partial charge in [-0.2, -0.15) is 0 Å². The van der Waals surface area contributed by atoms with Gasteiger partial charge in [-0.05, 0) is 48.2 Å². The molecule has 0 aromatic heterocycles. The van der Waals surface area contributed by atoms with Crippen molar-refractivity contribution in [3.05, 3.63) is 59.7 Å². The molecule has 5 heteroatoms. The van der Waals surface area contributed by atoms with Crippen LogP contribution in [0.3, 0.4) is 0 Å². The summed E-state index contributed by atoms with van der Waals surface area (Å²) in [4.78, 5) is 22.0. The highest BCUT2D eigenvalue weighted by atomic mass is 35.5. The van der Waals surface area contributed by atoms with Crippen molar-refractivity contribution in [3.8, 4) is 11.5 Å². The van der Waals surface area contributed by atoms with Crippen molar-refractivity contribution < 1.29 is 19.1 Å². The molecular formula is C21H21ClO4. The summed E-state index contributed by atoms with van der Waals surface area (Å²) in [6.07, 6.45) is 5.65. The van der Waals surface area contributed by atoms with Crippen molar-refractivity contribution in [1.82, 2.24) is 0 Å². The van der Waals surface area contributed by atoms with Crippen LogP contribution in [0.1, 0.15) is 50.2 Å². The molecule has 0 amide bonds. The lowest BCUT2D eigenvalue weighted by molar-refractivity contribution is -0.131. The second-order valence-corrected chi connectivity index (χ2v) is 6.93. The Hall–Kier alpha value is -2.33. The van der Waals surface area contributed by atoms with Crippen LogP contribution >= 0.6 is 11.6 Å². The number of ether oxygens (including phenoxy) is 2. The smallest absolute Gasteiger partial charge is 0.409 e. The van der Waals surface area contributed by atoms with Gasteiger partial charge in [-0.3, -0.25) is 4.79 Å². The molecule has 1 fully saturated rings. The van der Waals surface area contributed by atoms with E-state index in [2.05, 4.69) is 0 Å². The highest BCUT2D eigenvalue weighted by Crippen LogP contribution is 2.45. The Labute approximate surface area is 158 Å². The lowest BCUT2D eigenvalue weighted by Crippen LogP contribution is -2.30. The van der Waals surface area contributed by atoms with Gasteiger partial charge in [-0.15, -0.1) is 0 Å². The van der Waals surface area contributed by atoms with Gasteiger partial charge in [-0.1, -0.05) is 43.5 Å². The van der Waals surface area contributed by atoms with Crippen molar-refractivity contribution in [2.45, 2.75) is 44.4 Å². The largest absolute Gasteiger partial charge is 0.427 e. The quantitative estimate of drug-likeness (QED) is 0.398. The van der Waals surface area contributed by atoms with E-state index < -0.39 is 5.43 Å². The first kappa shape index (κ1) is 18.5. The summed E-state index contributed by atoms with van der Waals surface area (Å²) < 4.78 is 10.1. The molecule has 0 heterocycles. The van der Waals surface area contributed by atoms with E-state index in [0.29, 0.717) is 11.5 Å². The number of hydrogen-bond acceptors (Lipinski definition) is 4. The van der Waals surface area contributed by atoms with E-state index in [1.54, 1.807) is 12.1 Å². The third kappa shape index (κ3) is 4.07. The number of rotatable bonds is 4. The summed E-state index contributed by atoms with van der Waals surface area (Å²) in [5, 5.41) is 0. The van der Waals surface area contributed by atoms with Crippen LogP contribution in [-0.2, 0) is 10.2 Å². The van der Waals surface area contributed by atoms with Gasteiger partial charge in [0.05, 0.1) is 0 Å². The minimum atomic E-state index is -0.841. The van der Waals surface area contributed by atoms with Crippen LogP contribution in [0.5, 0.6) is 11.5 Å². The van der Waals surface area contributed by atoms with Gasteiger partial charge < -0.3 is 9.47 Å². The van der Waals surface area contributed by atoms with Crippen LogP contribution in [0, 0.1) is 0 Å². The second kappa shape index (κ2) is 7.92. The number of halogens is 1. The SMILES string of the molecule is CC(=O)Oc1ccc(C2(c3ccc(OC(=O)Cl)cc3)CCCCC2)cc1. The van der Waals surface area contributed by atoms with Crippen molar-refractivity contribution in [2.24, 2.45) is 0 Å². The molecule has 3 rings (SSSR count). The van der Waals surface area contributed by atoms with Crippen molar-refractivity contribution >= 4 is 23.0 Å². The third-order valence-electron chi connectivity index (χ3n) is 4.98. The molecule has 0 saturated heterocycles. The van der Waals surface area contributed by atoms with Crippen molar-refractivity contribution in [2.75, 3.05) is 0 Å². The Morgan fingerprint density at radius 2 is 1.27 bits per heavy atom. The standard InChI is InChI=1S/C21H21ClO4/c1-15(23)25-18-9-5-16(6-10-18)21(13-3-2-4-14-21)17-7-11-19(12-8-17)26-20(22)24/h5-12H,2-4,13-14H2,1H3. The molecule has 1 aliphatic rings. The van der Waals surface area contributed by atoms with E-state index in [1.807, 2.05) is 36.4 Å². The van der Waals surface area contributed by atoms with Gasteiger partial charge in [0.1, 0.15) is 11.5 Å². The predicted octanol–water partition coefficient (Wildman–Crippen LogP) is 5.60. The molecule has 2 aromatic rings. The van der Waals surface area contributed by atoms with Gasteiger partial charge in [0.25, 0.3) is 0 Å².